The van der Waals surface area contributed by atoms with Gasteiger partial charge in [0, 0.05) is 11.1 Å². The van der Waals surface area contributed by atoms with Gasteiger partial charge in [0.15, 0.2) is 5.78 Å². The normalized spacial score (nSPS) is 12.3. The molecule has 19 heavy (non-hydrogen) atoms. The number of benzene rings is 1. The second-order valence-corrected chi connectivity index (χ2v) is 5.09. The molecule has 0 radical (unpaired) electrons. The first-order valence-electron chi connectivity index (χ1n) is 5.29. The Balaban J connectivity index is 3.29. The maximum atomic E-state index is 12.3. The zero-order valence-electron chi connectivity index (χ0n) is 9.90. The number of aliphatic carboxylic acids is 1. The minimum Gasteiger partial charge on any atom is -0.481 e. The van der Waals surface area contributed by atoms with Gasteiger partial charge < -0.3 is 9.84 Å². The highest BCUT2D eigenvalue weighted by Gasteiger charge is 2.22. The second kappa shape index (κ2) is 6.60. The molecule has 0 saturated carbocycles. The van der Waals surface area contributed by atoms with Crippen molar-refractivity contribution in [3.63, 3.8) is 0 Å². The number of carboxylic acids is 1. The number of hydrogen-bond acceptors (Lipinski definition) is 3. The molecule has 0 amide bonds. The lowest BCUT2D eigenvalue weighted by atomic mass is 9.98. The van der Waals surface area contributed by atoms with Gasteiger partial charge in [-0.05, 0) is 13.0 Å². The van der Waals surface area contributed by atoms with Gasteiger partial charge in [0.05, 0.1) is 11.2 Å². The molecule has 1 aromatic rings. The number of carbonyl (C=O) groups is 2. The third kappa shape index (κ3) is 4.27. The summed E-state index contributed by atoms with van der Waals surface area (Å²) < 4.78 is 28.8. The van der Waals surface area contributed by atoms with Crippen molar-refractivity contribution in [2.45, 2.75) is 24.8 Å². The second-order valence-electron chi connectivity index (χ2n) is 3.71. The van der Waals surface area contributed by atoms with E-state index in [4.69, 9.17) is 5.11 Å². The number of ketones is 1. The lowest BCUT2D eigenvalue weighted by molar-refractivity contribution is -0.136. The summed E-state index contributed by atoms with van der Waals surface area (Å²) in [5.41, 5.74) is 0.0107. The first kappa shape index (κ1) is 15.6. The smallest absolute Gasteiger partial charge is 0.387 e. The first-order chi connectivity index (χ1) is 8.82. The average molecular weight is 337 g/mol. The zero-order valence-corrected chi connectivity index (χ0v) is 11.5. The van der Waals surface area contributed by atoms with Crippen LogP contribution < -0.4 is 4.74 Å². The fraction of sp³-hybridized carbons (Fsp3) is 0.333. The highest BCUT2D eigenvalue weighted by Crippen LogP contribution is 2.27. The quantitative estimate of drug-likeness (QED) is 0.640. The average Bonchev–Trinajstić information content (AvgIpc) is 2.29. The summed E-state index contributed by atoms with van der Waals surface area (Å²) in [5, 5.41) is 8.80. The van der Waals surface area contributed by atoms with Crippen molar-refractivity contribution in [1.29, 1.82) is 0 Å². The molecule has 1 rings (SSSR count). The van der Waals surface area contributed by atoms with E-state index >= 15 is 0 Å². The number of halogens is 3. The molecule has 1 atom stereocenters. The van der Waals surface area contributed by atoms with Gasteiger partial charge in [-0.2, -0.15) is 8.78 Å². The van der Waals surface area contributed by atoms with Gasteiger partial charge in [0.2, 0.25) is 0 Å². The van der Waals surface area contributed by atoms with Crippen molar-refractivity contribution in [2.24, 2.45) is 0 Å². The van der Waals surface area contributed by atoms with Gasteiger partial charge in [-0.25, -0.2) is 0 Å². The number of alkyl halides is 3. The molecule has 0 aliphatic carbocycles. The van der Waals surface area contributed by atoms with E-state index in [9.17, 15) is 18.4 Å². The predicted molar refractivity (Wildman–Crippen MR) is 67.1 cm³/mol. The van der Waals surface area contributed by atoms with Crippen molar-refractivity contribution in [1.82, 2.24) is 0 Å². The van der Waals surface area contributed by atoms with Gasteiger partial charge in [0.25, 0.3) is 0 Å². The molecule has 0 fully saturated rings. The highest BCUT2D eigenvalue weighted by molar-refractivity contribution is 9.10. The number of carbonyl (C=O) groups excluding carboxylic acids is 1. The summed E-state index contributed by atoms with van der Waals surface area (Å²) >= 11 is 3.07. The fourth-order valence-corrected chi connectivity index (χ4v) is 1.80. The Morgan fingerprint density at radius 1 is 1.42 bits per heavy atom. The Morgan fingerprint density at radius 2 is 2.05 bits per heavy atom. The van der Waals surface area contributed by atoms with Crippen LogP contribution in [0.15, 0.2) is 18.2 Å². The van der Waals surface area contributed by atoms with E-state index in [0.717, 1.165) is 0 Å². The van der Waals surface area contributed by atoms with Crippen LogP contribution in [0, 0.1) is 0 Å². The molecule has 0 aromatic heterocycles. The number of carboxylic acid groups (broad SMARTS) is 1. The minimum absolute atomic E-state index is 0.0494. The molecule has 7 heteroatoms. The van der Waals surface area contributed by atoms with Crippen molar-refractivity contribution in [3.8, 4) is 5.75 Å². The number of Topliss-reactive ketones (excluding diaryl/α,β-unsaturated/α-hetero) is 1. The van der Waals surface area contributed by atoms with Crippen LogP contribution in [0.25, 0.3) is 0 Å². The first-order valence-corrected chi connectivity index (χ1v) is 6.21. The summed E-state index contributed by atoms with van der Waals surface area (Å²) in [4.78, 5) is 22.1. The van der Waals surface area contributed by atoms with Gasteiger partial charge in [-0.15, -0.1) is 0 Å². The van der Waals surface area contributed by atoms with Gasteiger partial charge in [-0.3, -0.25) is 9.59 Å². The van der Waals surface area contributed by atoms with Crippen molar-refractivity contribution in [2.75, 3.05) is 0 Å². The molecule has 1 N–H and O–H groups in total. The Labute approximate surface area is 116 Å². The maximum Gasteiger partial charge on any atom is 0.387 e. The van der Waals surface area contributed by atoms with Crippen molar-refractivity contribution >= 4 is 27.7 Å². The lowest BCUT2D eigenvalue weighted by Gasteiger charge is -2.14. The Bertz CT molecular complexity index is 489. The molecule has 1 unspecified atom stereocenters. The van der Waals surface area contributed by atoms with Crippen LogP contribution in [-0.4, -0.2) is 28.3 Å². The molecule has 0 heterocycles. The lowest BCUT2D eigenvalue weighted by Crippen LogP contribution is -2.16. The van der Waals surface area contributed by atoms with Gasteiger partial charge in [-0.1, -0.05) is 28.1 Å². The third-order valence-corrected chi connectivity index (χ3v) is 2.72. The molecule has 0 aliphatic rings. The van der Waals surface area contributed by atoms with Crippen LogP contribution in [-0.2, 0) is 11.2 Å². The summed E-state index contributed by atoms with van der Waals surface area (Å²) in [6.45, 7) is -1.52. The van der Waals surface area contributed by atoms with Crippen molar-refractivity contribution in [3.05, 3.63) is 29.3 Å². The van der Waals surface area contributed by atoms with Gasteiger partial charge >= 0.3 is 12.6 Å². The monoisotopic (exact) mass is 336 g/mol. The predicted octanol–water partition coefficient (Wildman–Crippen LogP) is 2.88. The van der Waals surface area contributed by atoms with Crippen LogP contribution >= 0.6 is 15.9 Å². The van der Waals surface area contributed by atoms with E-state index in [1.807, 2.05) is 0 Å². The SMILES string of the molecule is CC(Br)C(=O)c1cccc(OC(F)F)c1CC(=O)O. The van der Waals surface area contributed by atoms with E-state index in [1.165, 1.54) is 18.2 Å². The Hall–Kier alpha value is -1.50. The topological polar surface area (TPSA) is 63.6 Å². The highest BCUT2D eigenvalue weighted by atomic mass is 79.9. The van der Waals surface area contributed by atoms with Crippen LogP contribution in [0.4, 0.5) is 8.78 Å². The standard InChI is InChI=1S/C12H11BrF2O4/c1-6(13)11(18)7-3-2-4-9(19-12(14)15)8(7)5-10(16)17/h2-4,6,12H,5H2,1H3,(H,16,17). The fourth-order valence-electron chi connectivity index (χ4n) is 1.55. The van der Waals surface area contributed by atoms with E-state index < -0.39 is 29.6 Å². The van der Waals surface area contributed by atoms with E-state index in [0.29, 0.717) is 0 Å². The molecule has 0 bridgehead atoms. The molecule has 0 saturated heterocycles. The molecular formula is C12H11BrF2O4. The number of hydrogen-bond donors (Lipinski definition) is 1. The summed E-state index contributed by atoms with van der Waals surface area (Å²) in [6.07, 6.45) is -0.566. The number of rotatable bonds is 6. The Morgan fingerprint density at radius 3 is 2.53 bits per heavy atom. The third-order valence-electron chi connectivity index (χ3n) is 2.30. The van der Waals surface area contributed by atoms with Crippen LogP contribution in [0.1, 0.15) is 22.8 Å². The minimum atomic E-state index is -3.08. The van der Waals surface area contributed by atoms with E-state index in [2.05, 4.69) is 20.7 Å². The molecule has 0 spiro atoms. The molecule has 4 nitrogen and oxygen atoms in total. The molecule has 104 valence electrons. The summed E-state index contributed by atoms with van der Waals surface area (Å²) in [7, 11) is 0. The van der Waals surface area contributed by atoms with Crippen molar-refractivity contribution < 1.29 is 28.2 Å². The van der Waals surface area contributed by atoms with Crippen LogP contribution in [0.5, 0.6) is 5.75 Å². The summed E-state index contributed by atoms with van der Waals surface area (Å²) in [6, 6.07) is 3.96. The maximum absolute atomic E-state index is 12.3. The van der Waals surface area contributed by atoms with E-state index in [1.54, 1.807) is 6.92 Å². The molecule has 1 aromatic carbocycles. The molecule has 0 aliphatic heterocycles. The summed E-state index contributed by atoms with van der Waals surface area (Å²) in [5.74, 6) is -1.92. The van der Waals surface area contributed by atoms with Gasteiger partial charge in [0.1, 0.15) is 5.75 Å². The zero-order chi connectivity index (χ0) is 14.6. The Kier molecular flexibility index (Phi) is 5.41. The number of ether oxygens (including phenoxy) is 1. The van der Waals surface area contributed by atoms with Crippen LogP contribution in [0.2, 0.25) is 0 Å². The van der Waals surface area contributed by atoms with Crippen LogP contribution in [0.3, 0.4) is 0 Å². The molecular weight excluding hydrogens is 326 g/mol. The van der Waals surface area contributed by atoms with E-state index in [-0.39, 0.29) is 16.9 Å². The largest absolute Gasteiger partial charge is 0.481 e.